The lowest BCUT2D eigenvalue weighted by molar-refractivity contribution is -0.137. The predicted molar refractivity (Wildman–Crippen MR) is 95.1 cm³/mol. The smallest absolute Gasteiger partial charge is 0.254 e. The van der Waals surface area contributed by atoms with Gasteiger partial charge in [0.15, 0.2) is 0 Å². The average Bonchev–Trinajstić information content (AvgIpc) is 3.00. The molecule has 24 heavy (non-hydrogen) atoms. The fourth-order valence-electron chi connectivity index (χ4n) is 4.61. The van der Waals surface area contributed by atoms with Crippen LogP contribution in [0, 0.1) is 24.7 Å². The number of hydrogen-bond donors (Lipinski definition) is 0. The molecule has 5 heteroatoms. The summed E-state index contributed by atoms with van der Waals surface area (Å²) in [6.07, 6.45) is 5.41. The van der Waals surface area contributed by atoms with E-state index in [1.165, 1.54) is 6.42 Å². The SMILES string of the molecule is Cc1sccc1C(=O)N(C)C1CCN(C(=O)C2C[C@@H]3C[C@@H]3C2)CC1. The molecule has 1 unspecified atom stereocenters. The number of carbonyl (C=O) groups is 2. The van der Waals surface area contributed by atoms with Gasteiger partial charge < -0.3 is 9.80 Å². The molecule has 1 aromatic heterocycles. The molecule has 0 spiro atoms. The Morgan fingerprint density at radius 2 is 1.83 bits per heavy atom. The van der Waals surface area contributed by atoms with E-state index in [1.54, 1.807) is 11.3 Å². The zero-order chi connectivity index (χ0) is 16.8. The van der Waals surface area contributed by atoms with E-state index in [0.717, 1.165) is 61.0 Å². The zero-order valence-electron chi connectivity index (χ0n) is 14.5. The van der Waals surface area contributed by atoms with Gasteiger partial charge in [-0.3, -0.25) is 9.59 Å². The number of nitrogens with zero attached hydrogens (tertiary/aromatic N) is 2. The van der Waals surface area contributed by atoms with E-state index in [2.05, 4.69) is 4.90 Å². The van der Waals surface area contributed by atoms with Crippen LogP contribution in [0.15, 0.2) is 11.4 Å². The van der Waals surface area contributed by atoms with Crippen molar-refractivity contribution in [3.63, 3.8) is 0 Å². The minimum absolute atomic E-state index is 0.120. The summed E-state index contributed by atoms with van der Waals surface area (Å²) in [6, 6.07) is 2.17. The first-order chi connectivity index (χ1) is 11.5. The molecule has 2 amide bonds. The Morgan fingerprint density at radius 3 is 2.42 bits per heavy atom. The summed E-state index contributed by atoms with van der Waals surface area (Å²) < 4.78 is 0. The van der Waals surface area contributed by atoms with Gasteiger partial charge in [-0.05, 0) is 62.3 Å². The van der Waals surface area contributed by atoms with E-state index in [1.807, 2.05) is 30.3 Å². The molecule has 1 saturated heterocycles. The number of piperidine rings is 1. The van der Waals surface area contributed by atoms with Crippen molar-refractivity contribution in [2.75, 3.05) is 20.1 Å². The number of aryl methyl sites for hydroxylation is 1. The highest BCUT2D eigenvalue weighted by molar-refractivity contribution is 7.10. The molecule has 0 bridgehead atoms. The Balaban J connectivity index is 1.31. The fourth-order valence-corrected chi connectivity index (χ4v) is 5.30. The molecule has 1 aromatic rings. The first-order valence-corrected chi connectivity index (χ1v) is 10.0. The Kier molecular flexibility index (Phi) is 4.15. The third kappa shape index (κ3) is 2.87. The maximum absolute atomic E-state index is 12.7. The molecule has 2 saturated carbocycles. The minimum atomic E-state index is 0.120. The summed E-state index contributed by atoms with van der Waals surface area (Å²) >= 11 is 1.62. The van der Waals surface area contributed by atoms with Crippen LogP contribution in [0.25, 0.3) is 0 Å². The lowest BCUT2D eigenvalue weighted by Crippen LogP contribution is -2.48. The summed E-state index contributed by atoms with van der Waals surface area (Å²) in [7, 11) is 1.91. The van der Waals surface area contributed by atoms with Crippen LogP contribution in [0.1, 0.15) is 47.3 Å². The fraction of sp³-hybridized carbons (Fsp3) is 0.684. The third-order valence-electron chi connectivity index (χ3n) is 6.33. The van der Waals surface area contributed by atoms with Gasteiger partial charge in [-0.2, -0.15) is 0 Å². The van der Waals surface area contributed by atoms with Gasteiger partial charge in [0.25, 0.3) is 5.91 Å². The Hall–Kier alpha value is -1.36. The first-order valence-electron chi connectivity index (χ1n) is 9.14. The number of thiophene rings is 1. The van der Waals surface area contributed by atoms with E-state index in [0.29, 0.717) is 5.91 Å². The van der Waals surface area contributed by atoms with Crippen molar-refractivity contribution in [1.29, 1.82) is 0 Å². The van der Waals surface area contributed by atoms with Crippen molar-refractivity contribution in [2.24, 2.45) is 17.8 Å². The van der Waals surface area contributed by atoms with Gasteiger partial charge in [0.1, 0.15) is 0 Å². The monoisotopic (exact) mass is 346 g/mol. The van der Waals surface area contributed by atoms with Gasteiger partial charge in [0.2, 0.25) is 5.91 Å². The normalized spacial score (nSPS) is 29.4. The van der Waals surface area contributed by atoms with Crippen molar-refractivity contribution in [2.45, 2.75) is 45.1 Å². The van der Waals surface area contributed by atoms with Crippen molar-refractivity contribution >= 4 is 23.2 Å². The molecule has 3 atom stereocenters. The second kappa shape index (κ2) is 6.17. The number of amides is 2. The molecule has 3 aliphatic rings. The summed E-state index contributed by atoms with van der Waals surface area (Å²) in [5.74, 6) is 2.50. The maximum atomic E-state index is 12.7. The number of hydrogen-bond acceptors (Lipinski definition) is 3. The van der Waals surface area contributed by atoms with Crippen LogP contribution in [-0.4, -0.2) is 47.8 Å². The van der Waals surface area contributed by atoms with Crippen LogP contribution < -0.4 is 0 Å². The average molecular weight is 346 g/mol. The molecule has 0 N–H and O–H groups in total. The van der Waals surface area contributed by atoms with Gasteiger partial charge in [-0.25, -0.2) is 0 Å². The van der Waals surface area contributed by atoms with Crippen molar-refractivity contribution < 1.29 is 9.59 Å². The summed E-state index contributed by atoms with van der Waals surface area (Å²) in [5.41, 5.74) is 0.825. The molecule has 0 radical (unpaired) electrons. The van der Waals surface area contributed by atoms with Gasteiger partial charge in [-0.1, -0.05) is 0 Å². The first kappa shape index (κ1) is 16.1. The van der Waals surface area contributed by atoms with Gasteiger partial charge >= 0.3 is 0 Å². The molecule has 4 nitrogen and oxygen atoms in total. The standard InChI is InChI=1S/C19H26N2O2S/c1-12-17(5-8-24-12)19(23)20(2)16-3-6-21(7-4-16)18(22)15-10-13-9-14(13)11-15/h5,8,13-16H,3-4,6-7,9-11H2,1-2H3/t13-,14+,15?. The maximum Gasteiger partial charge on any atom is 0.254 e. The van der Waals surface area contributed by atoms with E-state index < -0.39 is 0 Å². The van der Waals surface area contributed by atoms with Crippen molar-refractivity contribution in [1.82, 2.24) is 9.80 Å². The Morgan fingerprint density at radius 1 is 1.17 bits per heavy atom. The van der Waals surface area contributed by atoms with E-state index in [4.69, 9.17) is 0 Å². The molecule has 2 heterocycles. The largest absolute Gasteiger partial charge is 0.342 e. The van der Waals surface area contributed by atoms with Gasteiger partial charge in [-0.15, -0.1) is 11.3 Å². The summed E-state index contributed by atoms with van der Waals surface area (Å²) in [5, 5.41) is 1.98. The molecular weight excluding hydrogens is 320 g/mol. The van der Waals surface area contributed by atoms with E-state index in [9.17, 15) is 9.59 Å². The summed E-state index contributed by atoms with van der Waals surface area (Å²) in [4.78, 5) is 30.3. The van der Waals surface area contributed by atoms with Crippen LogP contribution in [0.5, 0.6) is 0 Å². The van der Waals surface area contributed by atoms with Crippen LogP contribution in [0.4, 0.5) is 0 Å². The molecule has 1 aliphatic heterocycles. The predicted octanol–water partition coefficient (Wildman–Crippen LogP) is 3.17. The topological polar surface area (TPSA) is 40.6 Å². The van der Waals surface area contributed by atoms with Crippen molar-refractivity contribution in [3.8, 4) is 0 Å². The van der Waals surface area contributed by atoms with Crippen LogP contribution in [-0.2, 0) is 4.79 Å². The molecule has 4 rings (SSSR count). The Labute approximate surface area is 147 Å². The zero-order valence-corrected chi connectivity index (χ0v) is 15.3. The van der Waals surface area contributed by atoms with Crippen molar-refractivity contribution in [3.05, 3.63) is 21.9 Å². The highest BCUT2D eigenvalue weighted by atomic mass is 32.1. The second-order valence-corrected chi connectivity index (χ2v) is 8.91. The molecule has 3 fully saturated rings. The molecule has 130 valence electrons. The lowest BCUT2D eigenvalue weighted by Gasteiger charge is -2.37. The van der Waals surface area contributed by atoms with E-state index >= 15 is 0 Å². The number of carbonyl (C=O) groups excluding carboxylic acids is 2. The molecular formula is C19H26N2O2S. The number of fused-ring (bicyclic) bond motifs is 1. The Bertz CT molecular complexity index is 638. The second-order valence-electron chi connectivity index (χ2n) is 7.79. The van der Waals surface area contributed by atoms with Gasteiger partial charge in [0.05, 0.1) is 5.56 Å². The number of likely N-dealkylation sites (tertiary alicyclic amines) is 1. The highest BCUT2D eigenvalue weighted by Crippen LogP contribution is 2.54. The molecule has 0 aromatic carbocycles. The molecule has 2 aliphatic carbocycles. The number of rotatable bonds is 3. The van der Waals surface area contributed by atoms with Crippen LogP contribution in [0.2, 0.25) is 0 Å². The third-order valence-corrected chi connectivity index (χ3v) is 7.17. The summed E-state index contributed by atoms with van der Waals surface area (Å²) in [6.45, 7) is 3.60. The highest BCUT2D eigenvalue weighted by Gasteiger charge is 2.49. The van der Waals surface area contributed by atoms with E-state index in [-0.39, 0.29) is 17.9 Å². The quantitative estimate of drug-likeness (QED) is 0.843. The minimum Gasteiger partial charge on any atom is -0.342 e. The van der Waals surface area contributed by atoms with Gasteiger partial charge in [0, 0.05) is 37.0 Å². The van der Waals surface area contributed by atoms with Crippen LogP contribution >= 0.6 is 11.3 Å². The van der Waals surface area contributed by atoms with Crippen LogP contribution in [0.3, 0.4) is 0 Å². The lowest BCUT2D eigenvalue weighted by atomic mass is 9.98.